The molecule has 0 saturated heterocycles. The number of rotatable bonds is 3. The number of hydrogen-bond acceptors (Lipinski definition) is 4. The zero-order valence-electron chi connectivity index (χ0n) is 6.41. The van der Waals surface area contributed by atoms with Gasteiger partial charge in [-0.15, -0.1) is 5.10 Å². The number of aliphatic carboxylic acids is 1. The molecular formula is C5H5F2N3O2S. The number of alkyl halides is 2. The van der Waals surface area contributed by atoms with Crippen LogP contribution < -0.4 is 0 Å². The van der Waals surface area contributed by atoms with Crippen molar-refractivity contribution in [3.63, 3.8) is 0 Å². The number of carboxylic acids is 1. The Morgan fingerprint density at radius 3 is 2.69 bits per heavy atom. The van der Waals surface area contributed by atoms with Gasteiger partial charge in [-0.25, -0.2) is 9.78 Å². The largest absolute Gasteiger partial charge is 0.476 e. The minimum atomic E-state index is -3.89. The molecule has 0 aliphatic carbocycles. The molecule has 0 radical (unpaired) electrons. The Kier molecular flexibility index (Phi) is 2.50. The summed E-state index contributed by atoms with van der Waals surface area (Å²) in [6.45, 7) is 1.52. The molecule has 0 bridgehead atoms. The second-order valence-corrected chi connectivity index (χ2v) is 3.21. The summed E-state index contributed by atoms with van der Waals surface area (Å²) in [4.78, 5) is 13.5. The fraction of sp³-hybridized carbons (Fsp3) is 0.400. The number of nitrogens with zero attached hydrogens (tertiary/aromatic N) is 2. The van der Waals surface area contributed by atoms with Gasteiger partial charge in [0.2, 0.25) is 5.16 Å². The van der Waals surface area contributed by atoms with Crippen LogP contribution in [0.3, 0.4) is 0 Å². The van der Waals surface area contributed by atoms with E-state index in [0.717, 1.165) is 0 Å². The minimum Gasteiger partial charge on any atom is -0.476 e. The summed E-state index contributed by atoms with van der Waals surface area (Å²) >= 11 is -0.212. The highest BCUT2D eigenvalue weighted by molar-refractivity contribution is 8.00. The topological polar surface area (TPSA) is 78.9 Å². The van der Waals surface area contributed by atoms with E-state index in [9.17, 15) is 13.6 Å². The van der Waals surface area contributed by atoms with Crippen LogP contribution in [-0.2, 0) is 4.79 Å². The van der Waals surface area contributed by atoms with Crippen molar-refractivity contribution in [2.24, 2.45) is 0 Å². The van der Waals surface area contributed by atoms with Gasteiger partial charge in [-0.1, -0.05) is 0 Å². The van der Waals surface area contributed by atoms with Crippen LogP contribution in [0, 0.1) is 6.92 Å². The fourth-order valence-electron chi connectivity index (χ4n) is 0.526. The van der Waals surface area contributed by atoms with Crippen molar-refractivity contribution in [2.45, 2.75) is 17.3 Å². The van der Waals surface area contributed by atoms with Gasteiger partial charge in [0.1, 0.15) is 5.82 Å². The van der Waals surface area contributed by atoms with Crippen LogP contribution in [0.15, 0.2) is 5.16 Å². The fourth-order valence-corrected chi connectivity index (χ4v) is 1.12. The van der Waals surface area contributed by atoms with Crippen molar-refractivity contribution in [3.8, 4) is 0 Å². The average Bonchev–Trinajstić information content (AvgIpc) is 2.34. The normalized spacial score (nSPS) is 11.6. The molecule has 0 fully saturated rings. The highest BCUT2D eigenvalue weighted by Crippen LogP contribution is 2.33. The minimum absolute atomic E-state index is 0.212. The maximum absolute atomic E-state index is 12.5. The van der Waals surface area contributed by atoms with Crippen LogP contribution in [0.5, 0.6) is 0 Å². The molecule has 0 spiro atoms. The van der Waals surface area contributed by atoms with Crippen molar-refractivity contribution < 1.29 is 18.7 Å². The third-order valence-electron chi connectivity index (χ3n) is 1.05. The summed E-state index contributed by atoms with van der Waals surface area (Å²) < 4.78 is 25.0. The molecule has 0 atom stereocenters. The van der Waals surface area contributed by atoms with Gasteiger partial charge >= 0.3 is 11.2 Å². The van der Waals surface area contributed by atoms with E-state index in [4.69, 9.17) is 5.11 Å². The lowest BCUT2D eigenvalue weighted by Crippen LogP contribution is -2.23. The molecule has 0 aliphatic rings. The molecule has 0 saturated carbocycles. The zero-order valence-corrected chi connectivity index (χ0v) is 7.23. The van der Waals surface area contributed by atoms with Gasteiger partial charge in [0.25, 0.3) is 0 Å². The van der Waals surface area contributed by atoms with Crippen LogP contribution >= 0.6 is 11.8 Å². The number of halogens is 2. The standard InChI is InChI=1S/C5H5F2N3O2S/c1-2-8-4(10-9-2)13-5(6,7)3(11)12/h1H3,(H,11,12)(H,8,9,10). The number of H-pyrrole nitrogens is 1. The predicted octanol–water partition coefficient (Wildman–Crippen LogP) is 0.883. The number of aryl methyl sites for hydroxylation is 1. The Balaban J connectivity index is 2.74. The Morgan fingerprint density at radius 2 is 2.31 bits per heavy atom. The first kappa shape index (κ1) is 9.90. The van der Waals surface area contributed by atoms with E-state index in [0.29, 0.717) is 5.82 Å². The van der Waals surface area contributed by atoms with Gasteiger partial charge in [0.05, 0.1) is 0 Å². The Labute approximate surface area is 75.6 Å². The number of carbonyl (C=O) groups is 1. The highest BCUT2D eigenvalue weighted by atomic mass is 32.2. The molecule has 0 aliphatic heterocycles. The molecule has 1 heterocycles. The van der Waals surface area contributed by atoms with Crippen molar-refractivity contribution in [2.75, 3.05) is 0 Å². The van der Waals surface area contributed by atoms with Gasteiger partial charge in [-0.2, -0.15) is 8.78 Å². The third kappa shape index (κ3) is 2.38. The predicted molar refractivity (Wildman–Crippen MR) is 39.6 cm³/mol. The number of aromatic amines is 1. The first-order valence-electron chi connectivity index (χ1n) is 3.11. The molecule has 0 unspecified atom stereocenters. The van der Waals surface area contributed by atoms with E-state index in [1.165, 1.54) is 6.92 Å². The first-order chi connectivity index (χ1) is 5.92. The summed E-state index contributed by atoms with van der Waals surface area (Å²) in [5.41, 5.74) is 0. The molecule has 72 valence electrons. The number of nitrogens with one attached hydrogen (secondary N) is 1. The Hall–Kier alpha value is -1.18. The molecule has 5 nitrogen and oxygen atoms in total. The van der Waals surface area contributed by atoms with E-state index in [2.05, 4.69) is 15.2 Å². The van der Waals surface area contributed by atoms with E-state index in [1.54, 1.807) is 0 Å². The summed E-state index contributed by atoms with van der Waals surface area (Å²) in [6, 6.07) is 0. The molecule has 1 aromatic rings. The highest BCUT2D eigenvalue weighted by Gasteiger charge is 2.41. The third-order valence-corrected chi connectivity index (χ3v) is 1.84. The molecule has 8 heteroatoms. The molecule has 2 N–H and O–H groups in total. The van der Waals surface area contributed by atoms with Gasteiger partial charge in [-0.3, -0.25) is 5.10 Å². The summed E-state index contributed by atoms with van der Waals surface area (Å²) in [5.74, 6) is -1.86. The number of thioether (sulfide) groups is 1. The van der Waals surface area contributed by atoms with Gasteiger partial charge in [-0.05, 0) is 6.92 Å². The van der Waals surface area contributed by atoms with Crippen molar-refractivity contribution in [1.29, 1.82) is 0 Å². The number of hydrogen-bond donors (Lipinski definition) is 2. The lowest BCUT2D eigenvalue weighted by atomic mass is 10.7. The second kappa shape index (κ2) is 3.29. The maximum atomic E-state index is 12.5. The van der Waals surface area contributed by atoms with Crippen molar-refractivity contribution in [1.82, 2.24) is 15.2 Å². The van der Waals surface area contributed by atoms with E-state index in [-0.39, 0.29) is 16.9 Å². The number of carboxylic acid groups (broad SMARTS) is 1. The smallest absolute Gasteiger partial charge is 0.395 e. The van der Waals surface area contributed by atoms with Crippen LogP contribution in [0.4, 0.5) is 8.78 Å². The Morgan fingerprint density at radius 1 is 1.69 bits per heavy atom. The van der Waals surface area contributed by atoms with Crippen LogP contribution in [-0.4, -0.2) is 31.5 Å². The van der Waals surface area contributed by atoms with E-state index in [1.807, 2.05) is 0 Å². The van der Waals surface area contributed by atoms with Crippen LogP contribution in [0.25, 0.3) is 0 Å². The number of aromatic nitrogens is 3. The Bertz CT molecular complexity index is 327. The SMILES string of the molecule is Cc1nc(SC(F)(F)C(=O)O)n[nH]1. The van der Waals surface area contributed by atoms with Gasteiger partial charge in [0, 0.05) is 11.8 Å². The van der Waals surface area contributed by atoms with Crippen LogP contribution in [0.1, 0.15) is 5.82 Å². The molecule has 1 aromatic heterocycles. The van der Waals surface area contributed by atoms with Crippen LogP contribution in [0.2, 0.25) is 0 Å². The van der Waals surface area contributed by atoms with E-state index < -0.39 is 11.2 Å². The lowest BCUT2D eigenvalue weighted by Gasteiger charge is -2.05. The molecule has 0 amide bonds. The molecule has 13 heavy (non-hydrogen) atoms. The lowest BCUT2D eigenvalue weighted by molar-refractivity contribution is -0.152. The quantitative estimate of drug-likeness (QED) is 0.722. The molecular weight excluding hydrogens is 204 g/mol. The summed E-state index contributed by atoms with van der Waals surface area (Å²) in [7, 11) is 0. The molecule has 0 aromatic carbocycles. The second-order valence-electron chi connectivity index (χ2n) is 2.13. The van der Waals surface area contributed by atoms with Gasteiger partial charge in [0.15, 0.2) is 0 Å². The summed E-state index contributed by atoms with van der Waals surface area (Å²) in [5, 5.41) is 9.58. The van der Waals surface area contributed by atoms with Crippen molar-refractivity contribution >= 4 is 17.7 Å². The zero-order chi connectivity index (χ0) is 10.1. The summed E-state index contributed by atoms with van der Waals surface area (Å²) in [6.07, 6.45) is 0. The first-order valence-corrected chi connectivity index (χ1v) is 3.92. The van der Waals surface area contributed by atoms with E-state index >= 15 is 0 Å². The van der Waals surface area contributed by atoms with Gasteiger partial charge < -0.3 is 5.11 Å². The molecule has 1 rings (SSSR count). The average molecular weight is 209 g/mol. The monoisotopic (exact) mass is 209 g/mol. The maximum Gasteiger partial charge on any atom is 0.395 e. The van der Waals surface area contributed by atoms with Crippen molar-refractivity contribution in [3.05, 3.63) is 5.82 Å².